The monoisotopic (exact) mass is 303 g/mol. The van der Waals surface area contributed by atoms with Crippen LogP contribution in [-0.2, 0) is 0 Å². The second-order valence-corrected chi connectivity index (χ2v) is 5.24. The second kappa shape index (κ2) is 5.25. The fourth-order valence-corrected chi connectivity index (χ4v) is 2.62. The normalized spacial score (nSPS) is 11.0. The molecule has 0 saturated carbocycles. The van der Waals surface area contributed by atoms with E-state index in [1.165, 1.54) is 0 Å². The zero-order chi connectivity index (χ0) is 15.8. The van der Waals surface area contributed by atoms with E-state index in [9.17, 15) is 4.79 Å². The van der Waals surface area contributed by atoms with Gasteiger partial charge in [0.15, 0.2) is 0 Å². The van der Waals surface area contributed by atoms with Gasteiger partial charge in [-0.15, -0.1) is 0 Å². The lowest BCUT2D eigenvalue weighted by atomic mass is 10.1. The summed E-state index contributed by atoms with van der Waals surface area (Å²) in [5.74, 6) is 1.24. The zero-order valence-electron chi connectivity index (χ0n) is 12.4. The van der Waals surface area contributed by atoms with Gasteiger partial charge in [0.05, 0.1) is 23.5 Å². The smallest absolute Gasteiger partial charge is 0.345 e. The van der Waals surface area contributed by atoms with E-state index in [-0.39, 0.29) is 0 Å². The minimum absolute atomic E-state index is 0.390. The van der Waals surface area contributed by atoms with Crippen molar-refractivity contribution in [2.24, 2.45) is 0 Å². The lowest BCUT2D eigenvalue weighted by Crippen LogP contribution is -2.01. The summed E-state index contributed by atoms with van der Waals surface area (Å²) in [6, 6.07) is 18.7. The van der Waals surface area contributed by atoms with E-state index in [1.54, 1.807) is 19.2 Å². The molecule has 0 amide bonds. The van der Waals surface area contributed by atoms with Gasteiger partial charge in [0.25, 0.3) is 0 Å². The van der Waals surface area contributed by atoms with Gasteiger partial charge in [0, 0.05) is 17.0 Å². The van der Waals surface area contributed by atoms with Crippen molar-refractivity contribution >= 4 is 21.8 Å². The molecule has 0 unspecified atom stereocenters. The van der Waals surface area contributed by atoms with Gasteiger partial charge < -0.3 is 9.15 Å². The lowest BCUT2D eigenvalue weighted by molar-refractivity contribution is 0.415. The van der Waals surface area contributed by atoms with Crippen LogP contribution in [0, 0.1) is 0 Å². The van der Waals surface area contributed by atoms with Crippen molar-refractivity contribution in [3.05, 3.63) is 71.1 Å². The van der Waals surface area contributed by atoms with Gasteiger partial charge in [0.2, 0.25) is 0 Å². The van der Waals surface area contributed by atoms with Crippen LogP contribution in [0.4, 0.5) is 0 Å². The molecule has 0 aliphatic heterocycles. The minimum Gasteiger partial charge on any atom is -0.497 e. The summed E-state index contributed by atoms with van der Waals surface area (Å²) < 4.78 is 10.7. The van der Waals surface area contributed by atoms with Gasteiger partial charge in [-0.2, -0.15) is 0 Å². The molecule has 0 aliphatic carbocycles. The Hall–Kier alpha value is -3.14. The Morgan fingerprint density at radius 2 is 1.78 bits per heavy atom. The summed E-state index contributed by atoms with van der Waals surface area (Å²) in [4.78, 5) is 16.9. The number of methoxy groups -OCH3 is 1. The average Bonchev–Trinajstić information content (AvgIpc) is 2.60. The number of rotatable bonds is 2. The number of hydrogen-bond acceptors (Lipinski definition) is 4. The summed E-state index contributed by atoms with van der Waals surface area (Å²) in [6.07, 6.45) is 0. The zero-order valence-corrected chi connectivity index (χ0v) is 12.4. The molecule has 0 spiro atoms. The van der Waals surface area contributed by atoms with Crippen molar-refractivity contribution in [3.63, 3.8) is 0 Å². The molecular formula is C19H13NO3. The topological polar surface area (TPSA) is 52.3 Å². The van der Waals surface area contributed by atoms with Crippen LogP contribution in [0.2, 0.25) is 0 Å². The summed E-state index contributed by atoms with van der Waals surface area (Å²) in [6.45, 7) is 0. The fraction of sp³-hybridized carbons (Fsp3) is 0.0526. The van der Waals surface area contributed by atoms with Crippen LogP contribution < -0.4 is 10.4 Å². The Labute approximate surface area is 132 Å². The van der Waals surface area contributed by atoms with Crippen molar-refractivity contribution in [1.82, 2.24) is 4.98 Å². The number of nitrogens with zero attached hydrogens (tertiary/aromatic N) is 1. The van der Waals surface area contributed by atoms with E-state index in [0.29, 0.717) is 16.7 Å². The summed E-state index contributed by atoms with van der Waals surface area (Å²) in [5, 5.41) is 1.31. The van der Waals surface area contributed by atoms with Gasteiger partial charge in [-0.1, -0.05) is 30.3 Å². The second-order valence-electron chi connectivity index (χ2n) is 5.24. The number of aromatic nitrogens is 1. The third kappa shape index (κ3) is 2.34. The molecule has 112 valence electrons. The SMILES string of the molecule is COc1ccc2nc3cc(-c4ccccc4)oc(=O)c3cc2c1. The minimum atomic E-state index is -0.390. The first-order valence-electron chi connectivity index (χ1n) is 7.23. The Balaban J connectivity index is 1.99. The standard InChI is InChI=1S/C19H13NO3/c1-22-14-7-8-16-13(9-14)10-15-17(20-16)11-18(23-19(15)21)12-5-3-2-4-6-12/h2-11H,1H3. The molecule has 0 aliphatic rings. The van der Waals surface area contributed by atoms with Crippen molar-refractivity contribution in [1.29, 1.82) is 0 Å². The first kappa shape index (κ1) is 13.5. The third-order valence-corrected chi connectivity index (χ3v) is 3.80. The Morgan fingerprint density at radius 3 is 2.57 bits per heavy atom. The molecule has 2 aromatic heterocycles. The summed E-state index contributed by atoms with van der Waals surface area (Å²) in [7, 11) is 1.61. The van der Waals surface area contributed by atoms with E-state index < -0.39 is 5.63 Å². The van der Waals surface area contributed by atoms with Gasteiger partial charge in [-0.25, -0.2) is 9.78 Å². The Kier molecular flexibility index (Phi) is 3.08. The maximum absolute atomic E-state index is 12.3. The van der Waals surface area contributed by atoms with Crippen LogP contribution in [0.25, 0.3) is 33.1 Å². The van der Waals surface area contributed by atoms with Crippen LogP contribution >= 0.6 is 0 Å². The molecule has 23 heavy (non-hydrogen) atoms. The molecule has 2 aromatic carbocycles. The van der Waals surface area contributed by atoms with Crippen LogP contribution in [0.15, 0.2) is 69.9 Å². The van der Waals surface area contributed by atoms with Crippen LogP contribution in [0.3, 0.4) is 0 Å². The van der Waals surface area contributed by atoms with E-state index >= 15 is 0 Å². The lowest BCUT2D eigenvalue weighted by Gasteiger charge is -2.05. The highest BCUT2D eigenvalue weighted by Crippen LogP contribution is 2.25. The molecule has 0 atom stereocenters. The van der Waals surface area contributed by atoms with Gasteiger partial charge in [0.1, 0.15) is 11.5 Å². The molecule has 4 nitrogen and oxygen atoms in total. The number of benzene rings is 2. The van der Waals surface area contributed by atoms with Crippen molar-refractivity contribution < 1.29 is 9.15 Å². The van der Waals surface area contributed by atoms with Gasteiger partial charge >= 0.3 is 5.63 Å². The molecule has 4 heteroatoms. The predicted octanol–water partition coefficient (Wildman–Crippen LogP) is 4.02. The van der Waals surface area contributed by atoms with Crippen LogP contribution in [-0.4, -0.2) is 12.1 Å². The molecule has 0 fully saturated rings. The molecule has 2 heterocycles. The van der Waals surface area contributed by atoms with E-state index in [1.807, 2.05) is 48.5 Å². The van der Waals surface area contributed by atoms with E-state index in [2.05, 4.69) is 4.98 Å². The van der Waals surface area contributed by atoms with Crippen molar-refractivity contribution in [2.45, 2.75) is 0 Å². The first-order chi connectivity index (χ1) is 11.2. The largest absolute Gasteiger partial charge is 0.497 e. The molecule has 0 radical (unpaired) electrons. The summed E-state index contributed by atoms with van der Waals surface area (Å²) in [5.41, 5.74) is 1.89. The Morgan fingerprint density at radius 1 is 0.957 bits per heavy atom. The molecule has 0 bridgehead atoms. The number of pyridine rings is 1. The van der Waals surface area contributed by atoms with E-state index in [4.69, 9.17) is 9.15 Å². The fourth-order valence-electron chi connectivity index (χ4n) is 2.62. The van der Waals surface area contributed by atoms with Crippen molar-refractivity contribution in [3.8, 4) is 17.1 Å². The number of hydrogen-bond donors (Lipinski definition) is 0. The van der Waals surface area contributed by atoms with Crippen LogP contribution in [0.5, 0.6) is 5.75 Å². The third-order valence-electron chi connectivity index (χ3n) is 3.80. The predicted molar refractivity (Wildman–Crippen MR) is 89.8 cm³/mol. The molecule has 4 rings (SSSR count). The van der Waals surface area contributed by atoms with Gasteiger partial charge in [-0.3, -0.25) is 0 Å². The molecule has 4 aromatic rings. The highest BCUT2D eigenvalue weighted by atomic mass is 16.5. The number of ether oxygens (including phenoxy) is 1. The van der Waals surface area contributed by atoms with Crippen LogP contribution in [0.1, 0.15) is 0 Å². The summed E-state index contributed by atoms with van der Waals surface area (Å²) >= 11 is 0. The quantitative estimate of drug-likeness (QED) is 0.525. The van der Waals surface area contributed by atoms with Gasteiger partial charge in [-0.05, 0) is 24.3 Å². The Bertz CT molecular complexity index is 1070. The molecular weight excluding hydrogens is 290 g/mol. The molecule has 0 N–H and O–H groups in total. The van der Waals surface area contributed by atoms with E-state index in [0.717, 1.165) is 22.2 Å². The molecule has 0 saturated heterocycles. The highest BCUT2D eigenvalue weighted by Gasteiger charge is 2.09. The maximum Gasteiger partial charge on any atom is 0.345 e. The maximum atomic E-state index is 12.3. The van der Waals surface area contributed by atoms with Crippen molar-refractivity contribution in [2.75, 3.05) is 7.11 Å². The number of fused-ring (bicyclic) bond motifs is 2. The highest BCUT2D eigenvalue weighted by molar-refractivity contribution is 5.93. The average molecular weight is 303 g/mol. The first-order valence-corrected chi connectivity index (χ1v) is 7.23.